The fourth-order valence-corrected chi connectivity index (χ4v) is 3.20. The quantitative estimate of drug-likeness (QED) is 0.351. The molecule has 1 atom stereocenters. The van der Waals surface area contributed by atoms with E-state index in [9.17, 15) is 8.78 Å². The first-order valence-electron chi connectivity index (χ1n) is 9.82. The lowest BCUT2D eigenvalue weighted by Crippen LogP contribution is -2.28. The molecule has 0 heterocycles. The minimum absolute atomic E-state index is 0.438. The van der Waals surface area contributed by atoms with Crippen LogP contribution < -0.4 is 4.90 Å². The fourth-order valence-electron chi connectivity index (χ4n) is 3.20. The Hall–Kier alpha value is -1.12. The molecule has 0 amide bonds. The van der Waals surface area contributed by atoms with Crippen LogP contribution in [0.1, 0.15) is 78.6 Å². The summed E-state index contributed by atoms with van der Waals surface area (Å²) in [5.41, 5.74) is 0.554. The summed E-state index contributed by atoms with van der Waals surface area (Å²) >= 11 is 0. The lowest BCUT2D eigenvalue weighted by Gasteiger charge is -2.27. The highest BCUT2D eigenvalue weighted by molar-refractivity contribution is 5.47. The van der Waals surface area contributed by atoms with Gasteiger partial charge in [-0.1, -0.05) is 65.7 Å². The van der Waals surface area contributed by atoms with Crippen LogP contribution in [-0.4, -0.2) is 13.1 Å². The van der Waals surface area contributed by atoms with Crippen molar-refractivity contribution >= 4 is 5.69 Å². The molecule has 1 unspecified atom stereocenters. The lowest BCUT2D eigenvalue weighted by atomic mass is 9.95. The zero-order valence-corrected chi connectivity index (χ0v) is 15.8. The summed E-state index contributed by atoms with van der Waals surface area (Å²) in [6.07, 6.45) is 10.6. The van der Waals surface area contributed by atoms with E-state index in [2.05, 4.69) is 25.7 Å². The predicted molar refractivity (Wildman–Crippen MR) is 101 cm³/mol. The Morgan fingerprint density at radius 3 is 2.25 bits per heavy atom. The standard InChI is InChI=1S/C21H35F2N/c1-4-7-9-10-15-24(16-14-18(6-3)11-8-5-2)21-13-12-19(22)17-20(21)23/h12-13,17-18H,4-11,14-16H2,1-3H3. The maximum atomic E-state index is 14.2. The highest BCUT2D eigenvalue weighted by Gasteiger charge is 2.14. The monoisotopic (exact) mass is 339 g/mol. The van der Waals surface area contributed by atoms with E-state index in [0.717, 1.165) is 32.0 Å². The molecule has 0 saturated carbocycles. The number of benzene rings is 1. The van der Waals surface area contributed by atoms with Crippen LogP contribution in [-0.2, 0) is 0 Å². The van der Waals surface area contributed by atoms with Crippen molar-refractivity contribution in [1.29, 1.82) is 0 Å². The second-order valence-corrected chi connectivity index (χ2v) is 6.85. The Morgan fingerprint density at radius 1 is 0.875 bits per heavy atom. The molecule has 0 radical (unpaired) electrons. The number of nitrogens with zero attached hydrogens (tertiary/aromatic N) is 1. The lowest BCUT2D eigenvalue weighted by molar-refractivity contribution is 0.419. The first kappa shape index (κ1) is 20.9. The van der Waals surface area contributed by atoms with Crippen LogP contribution in [0.25, 0.3) is 0 Å². The van der Waals surface area contributed by atoms with Gasteiger partial charge < -0.3 is 4.90 Å². The summed E-state index contributed by atoms with van der Waals surface area (Å²) in [5, 5.41) is 0. The van der Waals surface area contributed by atoms with E-state index in [1.165, 1.54) is 51.0 Å². The van der Waals surface area contributed by atoms with Crippen molar-refractivity contribution < 1.29 is 8.78 Å². The SMILES string of the molecule is CCCCCCN(CCC(CC)CCCC)c1ccc(F)cc1F. The Morgan fingerprint density at radius 2 is 1.62 bits per heavy atom. The summed E-state index contributed by atoms with van der Waals surface area (Å²) in [6, 6.07) is 3.96. The van der Waals surface area contributed by atoms with E-state index >= 15 is 0 Å². The van der Waals surface area contributed by atoms with Gasteiger partial charge in [-0.05, 0) is 30.9 Å². The molecule has 0 spiro atoms. The molecule has 1 rings (SSSR count). The van der Waals surface area contributed by atoms with E-state index in [0.29, 0.717) is 11.6 Å². The smallest absolute Gasteiger partial charge is 0.149 e. The molecule has 1 nitrogen and oxygen atoms in total. The summed E-state index contributed by atoms with van der Waals surface area (Å²) in [5.74, 6) is -0.240. The van der Waals surface area contributed by atoms with Crippen LogP contribution in [0.15, 0.2) is 18.2 Å². The predicted octanol–water partition coefficient (Wildman–Crippen LogP) is 6.96. The normalized spacial score (nSPS) is 12.4. The highest BCUT2D eigenvalue weighted by Crippen LogP contribution is 2.24. The van der Waals surface area contributed by atoms with Crippen molar-refractivity contribution in [1.82, 2.24) is 0 Å². The second kappa shape index (κ2) is 12.3. The Labute approximate surface area is 147 Å². The second-order valence-electron chi connectivity index (χ2n) is 6.85. The van der Waals surface area contributed by atoms with Gasteiger partial charge in [0.25, 0.3) is 0 Å². The van der Waals surface area contributed by atoms with Gasteiger partial charge in [0.05, 0.1) is 5.69 Å². The van der Waals surface area contributed by atoms with Crippen LogP contribution in [0.2, 0.25) is 0 Å². The molecule has 0 bridgehead atoms. The van der Waals surface area contributed by atoms with Gasteiger partial charge in [-0.3, -0.25) is 0 Å². The average molecular weight is 340 g/mol. The summed E-state index contributed by atoms with van der Waals surface area (Å²) in [6.45, 7) is 8.37. The van der Waals surface area contributed by atoms with Gasteiger partial charge in [-0.15, -0.1) is 0 Å². The first-order valence-corrected chi connectivity index (χ1v) is 9.82. The van der Waals surface area contributed by atoms with E-state index in [4.69, 9.17) is 0 Å². The maximum absolute atomic E-state index is 14.2. The zero-order chi connectivity index (χ0) is 17.8. The van der Waals surface area contributed by atoms with Crippen molar-refractivity contribution in [3.63, 3.8) is 0 Å². The number of halogens is 2. The van der Waals surface area contributed by atoms with Crippen LogP contribution in [0.4, 0.5) is 14.5 Å². The minimum atomic E-state index is -0.503. The molecule has 0 N–H and O–H groups in total. The van der Waals surface area contributed by atoms with Crippen molar-refractivity contribution in [2.24, 2.45) is 5.92 Å². The number of anilines is 1. The summed E-state index contributed by atoms with van der Waals surface area (Å²) in [4.78, 5) is 2.12. The third-order valence-corrected chi connectivity index (χ3v) is 4.88. The van der Waals surface area contributed by atoms with Crippen LogP contribution in [0.5, 0.6) is 0 Å². The highest BCUT2D eigenvalue weighted by atomic mass is 19.1. The Bertz CT molecular complexity index is 447. The number of hydrogen-bond donors (Lipinski definition) is 0. The maximum Gasteiger partial charge on any atom is 0.149 e. The molecule has 3 heteroatoms. The average Bonchev–Trinajstić information content (AvgIpc) is 2.57. The van der Waals surface area contributed by atoms with Gasteiger partial charge in [-0.2, -0.15) is 0 Å². The molecule has 24 heavy (non-hydrogen) atoms. The molecule has 1 aromatic carbocycles. The van der Waals surface area contributed by atoms with Crippen LogP contribution in [0, 0.1) is 17.6 Å². The van der Waals surface area contributed by atoms with Crippen LogP contribution in [0.3, 0.4) is 0 Å². The van der Waals surface area contributed by atoms with Gasteiger partial charge in [0.2, 0.25) is 0 Å². The van der Waals surface area contributed by atoms with Gasteiger partial charge in [0.15, 0.2) is 0 Å². The van der Waals surface area contributed by atoms with Gasteiger partial charge in [0, 0.05) is 19.2 Å². The van der Waals surface area contributed by atoms with E-state index < -0.39 is 11.6 Å². The zero-order valence-electron chi connectivity index (χ0n) is 15.8. The van der Waals surface area contributed by atoms with Crippen LogP contribution >= 0.6 is 0 Å². The Kier molecular flexibility index (Phi) is 10.7. The van der Waals surface area contributed by atoms with Crippen molar-refractivity contribution in [2.45, 2.75) is 78.6 Å². The number of unbranched alkanes of at least 4 members (excludes halogenated alkanes) is 4. The van der Waals surface area contributed by atoms with E-state index in [1.807, 2.05) is 0 Å². The molecule has 138 valence electrons. The largest absolute Gasteiger partial charge is 0.369 e. The molecule has 0 aliphatic rings. The first-order chi connectivity index (χ1) is 11.6. The van der Waals surface area contributed by atoms with Crippen molar-refractivity contribution in [3.05, 3.63) is 29.8 Å². The molecule has 0 fully saturated rings. The molecule has 0 aromatic heterocycles. The molecule has 0 aliphatic carbocycles. The minimum Gasteiger partial charge on any atom is -0.369 e. The Balaban J connectivity index is 2.69. The van der Waals surface area contributed by atoms with E-state index in [1.54, 1.807) is 6.07 Å². The van der Waals surface area contributed by atoms with Gasteiger partial charge in [0.1, 0.15) is 11.6 Å². The summed E-state index contributed by atoms with van der Waals surface area (Å²) < 4.78 is 27.4. The van der Waals surface area contributed by atoms with Crippen molar-refractivity contribution in [2.75, 3.05) is 18.0 Å². The van der Waals surface area contributed by atoms with Gasteiger partial charge in [-0.25, -0.2) is 8.78 Å². The number of rotatable bonds is 13. The molecule has 0 saturated heterocycles. The molecular weight excluding hydrogens is 304 g/mol. The van der Waals surface area contributed by atoms with Crippen molar-refractivity contribution in [3.8, 4) is 0 Å². The molecule has 0 aliphatic heterocycles. The number of hydrogen-bond acceptors (Lipinski definition) is 1. The third kappa shape index (κ3) is 7.63. The molecule has 1 aromatic rings. The summed E-state index contributed by atoms with van der Waals surface area (Å²) in [7, 11) is 0. The topological polar surface area (TPSA) is 3.24 Å². The molecular formula is C21H35F2N. The van der Waals surface area contributed by atoms with Gasteiger partial charge >= 0.3 is 0 Å². The third-order valence-electron chi connectivity index (χ3n) is 4.88. The van der Waals surface area contributed by atoms with E-state index in [-0.39, 0.29) is 0 Å². The fraction of sp³-hybridized carbons (Fsp3) is 0.714.